The maximum Gasteiger partial charge on any atom is 0.271 e. The molecule has 1 rings (SSSR count). The minimum Gasteiger partial charge on any atom is -0.385 e. The summed E-state index contributed by atoms with van der Waals surface area (Å²) in [5.74, 6) is 0. The van der Waals surface area contributed by atoms with E-state index >= 15 is 0 Å². The Morgan fingerprint density at radius 2 is 2.24 bits per heavy atom. The van der Waals surface area contributed by atoms with E-state index in [-0.39, 0.29) is 5.69 Å². The molecule has 1 aromatic carbocycles. The standard InChI is InChI=1S/C11H15ClN2O3/c1-17-7-3-2-6-13-11-5-4-9(14(15)16)8-10(11)12/h4-5,8,13H,2-3,6-7H2,1H3. The summed E-state index contributed by atoms with van der Waals surface area (Å²) in [5.41, 5.74) is 0.717. The highest BCUT2D eigenvalue weighted by Gasteiger charge is 2.08. The number of hydrogen-bond donors (Lipinski definition) is 1. The van der Waals surface area contributed by atoms with Gasteiger partial charge in [-0.1, -0.05) is 11.6 Å². The molecule has 0 spiro atoms. The molecule has 0 heterocycles. The molecule has 1 aromatic rings. The number of halogens is 1. The summed E-state index contributed by atoms with van der Waals surface area (Å²) in [6.45, 7) is 1.50. The number of benzene rings is 1. The second-order valence-electron chi connectivity index (χ2n) is 3.55. The van der Waals surface area contributed by atoms with Gasteiger partial charge in [0.25, 0.3) is 5.69 Å². The summed E-state index contributed by atoms with van der Waals surface area (Å²) >= 11 is 5.92. The number of non-ortho nitro benzene ring substituents is 1. The first-order chi connectivity index (χ1) is 8.15. The van der Waals surface area contributed by atoms with Crippen LogP contribution >= 0.6 is 11.6 Å². The van der Waals surface area contributed by atoms with Crippen LogP contribution in [0.1, 0.15) is 12.8 Å². The molecule has 0 bridgehead atoms. The smallest absolute Gasteiger partial charge is 0.271 e. The fourth-order valence-electron chi connectivity index (χ4n) is 1.36. The summed E-state index contributed by atoms with van der Waals surface area (Å²) < 4.78 is 4.93. The minimum atomic E-state index is -0.464. The van der Waals surface area contributed by atoms with Crippen molar-refractivity contribution in [3.63, 3.8) is 0 Å². The number of hydrogen-bond acceptors (Lipinski definition) is 4. The molecule has 6 heteroatoms. The van der Waals surface area contributed by atoms with Gasteiger partial charge in [0.2, 0.25) is 0 Å². The van der Waals surface area contributed by atoms with Crippen LogP contribution in [0, 0.1) is 10.1 Å². The maximum atomic E-state index is 10.5. The zero-order chi connectivity index (χ0) is 12.7. The molecule has 0 aliphatic carbocycles. The highest BCUT2D eigenvalue weighted by Crippen LogP contribution is 2.26. The normalized spacial score (nSPS) is 10.2. The number of methoxy groups -OCH3 is 1. The van der Waals surface area contributed by atoms with Crippen LogP contribution in [0.2, 0.25) is 5.02 Å². The van der Waals surface area contributed by atoms with Crippen LogP contribution in [0.4, 0.5) is 11.4 Å². The van der Waals surface area contributed by atoms with Crippen LogP contribution < -0.4 is 5.32 Å². The van der Waals surface area contributed by atoms with E-state index in [1.807, 2.05) is 0 Å². The second kappa shape index (κ2) is 7.09. The highest BCUT2D eigenvalue weighted by atomic mass is 35.5. The van der Waals surface area contributed by atoms with Gasteiger partial charge in [0.15, 0.2) is 0 Å². The molecule has 94 valence electrons. The number of nitrogens with one attached hydrogen (secondary N) is 1. The van der Waals surface area contributed by atoms with Crippen molar-refractivity contribution in [2.45, 2.75) is 12.8 Å². The summed E-state index contributed by atoms with van der Waals surface area (Å²) in [5, 5.41) is 14.0. The lowest BCUT2D eigenvalue weighted by atomic mass is 10.2. The van der Waals surface area contributed by atoms with Gasteiger partial charge in [0, 0.05) is 32.4 Å². The van der Waals surface area contributed by atoms with Crippen LogP contribution in [0.3, 0.4) is 0 Å². The number of nitro groups is 1. The van der Waals surface area contributed by atoms with Gasteiger partial charge in [-0.05, 0) is 18.9 Å². The number of rotatable bonds is 7. The average molecular weight is 259 g/mol. The lowest BCUT2D eigenvalue weighted by Gasteiger charge is -2.07. The van der Waals surface area contributed by atoms with Crippen LogP contribution in [-0.2, 0) is 4.74 Å². The number of unbranched alkanes of at least 4 members (excludes halogenated alkanes) is 1. The van der Waals surface area contributed by atoms with Crippen molar-refractivity contribution >= 4 is 23.0 Å². The Balaban J connectivity index is 2.46. The Morgan fingerprint density at radius 1 is 1.47 bits per heavy atom. The van der Waals surface area contributed by atoms with Crippen LogP contribution in [0.5, 0.6) is 0 Å². The Morgan fingerprint density at radius 3 is 2.82 bits per heavy atom. The Kier molecular flexibility index (Phi) is 5.72. The maximum absolute atomic E-state index is 10.5. The SMILES string of the molecule is COCCCCNc1ccc([N+](=O)[O-])cc1Cl. The molecule has 0 amide bonds. The van der Waals surface area contributed by atoms with Crippen molar-refractivity contribution in [1.29, 1.82) is 0 Å². The van der Waals surface area contributed by atoms with Gasteiger partial charge in [-0.3, -0.25) is 10.1 Å². The van der Waals surface area contributed by atoms with Gasteiger partial charge >= 0.3 is 0 Å². The zero-order valence-electron chi connectivity index (χ0n) is 9.61. The van der Waals surface area contributed by atoms with E-state index in [9.17, 15) is 10.1 Å². The first-order valence-electron chi connectivity index (χ1n) is 5.32. The minimum absolute atomic E-state index is 0.0000621. The predicted molar refractivity (Wildman–Crippen MR) is 67.7 cm³/mol. The van der Waals surface area contributed by atoms with Gasteiger partial charge in [0.05, 0.1) is 15.6 Å². The fourth-order valence-corrected chi connectivity index (χ4v) is 1.60. The van der Waals surface area contributed by atoms with Crippen molar-refractivity contribution in [2.24, 2.45) is 0 Å². The number of nitro benzene ring substituents is 1. The quantitative estimate of drug-likeness (QED) is 0.464. The van der Waals surface area contributed by atoms with Crippen molar-refractivity contribution in [2.75, 3.05) is 25.6 Å². The molecular formula is C11H15ClN2O3. The molecule has 0 saturated heterocycles. The molecule has 0 unspecified atom stereocenters. The van der Waals surface area contributed by atoms with Crippen molar-refractivity contribution < 1.29 is 9.66 Å². The van der Waals surface area contributed by atoms with Crippen LogP contribution in [0.25, 0.3) is 0 Å². The largest absolute Gasteiger partial charge is 0.385 e. The molecule has 17 heavy (non-hydrogen) atoms. The fraction of sp³-hybridized carbons (Fsp3) is 0.455. The summed E-state index contributed by atoms with van der Waals surface area (Å²) in [6.07, 6.45) is 1.93. The summed E-state index contributed by atoms with van der Waals surface area (Å²) in [6, 6.07) is 4.40. The first-order valence-corrected chi connectivity index (χ1v) is 5.69. The predicted octanol–water partition coefficient (Wildman–Crippen LogP) is 3.09. The Hall–Kier alpha value is -1.33. The van der Waals surface area contributed by atoms with E-state index in [0.717, 1.165) is 31.7 Å². The first kappa shape index (κ1) is 13.7. The topological polar surface area (TPSA) is 64.4 Å². The van der Waals surface area contributed by atoms with Crippen molar-refractivity contribution in [3.05, 3.63) is 33.3 Å². The number of nitrogens with zero attached hydrogens (tertiary/aromatic N) is 1. The van der Waals surface area contributed by atoms with Crippen LogP contribution in [-0.4, -0.2) is 25.2 Å². The molecule has 0 aliphatic rings. The molecule has 0 aromatic heterocycles. The van der Waals surface area contributed by atoms with Gasteiger partial charge in [-0.15, -0.1) is 0 Å². The van der Waals surface area contributed by atoms with Gasteiger partial charge < -0.3 is 10.1 Å². The third-order valence-electron chi connectivity index (χ3n) is 2.25. The number of ether oxygens (including phenoxy) is 1. The Labute approximate surface area is 105 Å². The Bertz CT molecular complexity index is 385. The molecule has 1 N–H and O–H groups in total. The molecular weight excluding hydrogens is 244 g/mol. The van der Waals surface area contributed by atoms with Gasteiger partial charge in [0.1, 0.15) is 0 Å². The lowest BCUT2D eigenvalue weighted by Crippen LogP contribution is -2.03. The van der Waals surface area contributed by atoms with E-state index in [2.05, 4.69) is 5.32 Å². The van der Waals surface area contributed by atoms with Gasteiger partial charge in [-0.25, -0.2) is 0 Å². The van der Waals surface area contributed by atoms with Gasteiger partial charge in [-0.2, -0.15) is 0 Å². The van der Waals surface area contributed by atoms with E-state index in [4.69, 9.17) is 16.3 Å². The van der Waals surface area contributed by atoms with Crippen molar-refractivity contribution in [1.82, 2.24) is 0 Å². The highest BCUT2D eigenvalue weighted by molar-refractivity contribution is 6.33. The molecule has 0 fully saturated rings. The molecule has 0 saturated carbocycles. The van der Waals surface area contributed by atoms with E-state index in [0.29, 0.717) is 5.02 Å². The third kappa shape index (κ3) is 4.58. The second-order valence-corrected chi connectivity index (χ2v) is 3.96. The molecule has 0 atom stereocenters. The van der Waals surface area contributed by atoms with Crippen molar-refractivity contribution in [3.8, 4) is 0 Å². The van der Waals surface area contributed by atoms with E-state index < -0.39 is 4.92 Å². The molecule has 0 aliphatic heterocycles. The zero-order valence-corrected chi connectivity index (χ0v) is 10.4. The molecule has 0 radical (unpaired) electrons. The summed E-state index contributed by atoms with van der Waals surface area (Å²) in [7, 11) is 1.67. The van der Waals surface area contributed by atoms with E-state index in [1.54, 1.807) is 13.2 Å². The monoisotopic (exact) mass is 258 g/mol. The summed E-state index contributed by atoms with van der Waals surface area (Å²) in [4.78, 5) is 10.0. The average Bonchev–Trinajstić information content (AvgIpc) is 2.30. The molecule has 5 nitrogen and oxygen atoms in total. The third-order valence-corrected chi connectivity index (χ3v) is 2.57. The number of anilines is 1. The van der Waals surface area contributed by atoms with E-state index in [1.165, 1.54) is 12.1 Å². The van der Waals surface area contributed by atoms with Crippen LogP contribution in [0.15, 0.2) is 18.2 Å². The lowest BCUT2D eigenvalue weighted by molar-refractivity contribution is -0.384.